The van der Waals surface area contributed by atoms with Crippen molar-refractivity contribution in [1.29, 1.82) is 0 Å². The summed E-state index contributed by atoms with van der Waals surface area (Å²) in [5.41, 5.74) is 15.7. The van der Waals surface area contributed by atoms with Crippen LogP contribution in [-0.4, -0.2) is 11.7 Å². The van der Waals surface area contributed by atoms with Crippen molar-refractivity contribution in [3.63, 3.8) is 0 Å². The van der Waals surface area contributed by atoms with Crippen molar-refractivity contribution in [1.82, 2.24) is 0 Å². The van der Waals surface area contributed by atoms with Gasteiger partial charge in [0.05, 0.1) is 6.54 Å². The second-order valence-electron chi connectivity index (χ2n) is 12.8. The molecule has 0 radical (unpaired) electrons. The lowest BCUT2D eigenvalue weighted by molar-refractivity contribution is 0.669. The van der Waals surface area contributed by atoms with E-state index in [0.717, 1.165) is 60.5 Å². The molecule has 9 aromatic rings. The highest BCUT2D eigenvalue weighted by atomic mass is 16.3. The molecule has 0 aliphatic heterocycles. The van der Waals surface area contributed by atoms with Gasteiger partial charge >= 0.3 is 0 Å². The minimum atomic E-state index is 0.390. The third-order valence-electron chi connectivity index (χ3n) is 9.58. The minimum absolute atomic E-state index is 0.390. The van der Waals surface area contributed by atoms with Crippen molar-refractivity contribution < 1.29 is 4.42 Å². The van der Waals surface area contributed by atoms with Crippen LogP contribution in [0, 0.1) is 0 Å². The van der Waals surface area contributed by atoms with Gasteiger partial charge in [0, 0.05) is 21.9 Å². The molecule has 0 saturated carbocycles. The van der Waals surface area contributed by atoms with Gasteiger partial charge in [-0.1, -0.05) is 152 Å². The molecule has 0 unspecified atom stereocenters. The van der Waals surface area contributed by atoms with E-state index in [9.17, 15) is 0 Å². The topological polar surface area (TPSA) is 63.9 Å². The van der Waals surface area contributed by atoms with E-state index in [1.165, 1.54) is 21.9 Å². The molecule has 51 heavy (non-hydrogen) atoms. The van der Waals surface area contributed by atoms with Gasteiger partial charge in [-0.25, -0.2) is 4.99 Å². The SMILES string of the molecule is NC(=NC(=NCc1cc(-c2ccc(-c3cccc4ccccc34)cc2)cc2oc3ccccc3c12)c1ccccc1)c1ccc2ccccc2c1. The first-order chi connectivity index (χ1) is 25.2. The number of benzene rings is 8. The van der Waals surface area contributed by atoms with E-state index >= 15 is 0 Å². The Kier molecular flexibility index (Phi) is 7.67. The number of para-hydroxylation sites is 1. The highest BCUT2D eigenvalue weighted by molar-refractivity contribution is 6.12. The fourth-order valence-electron chi connectivity index (χ4n) is 7.02. The van der Waals surface area contributed by atoms with E-state index in [2.05, 4.69) is 109 Å². The Bertz CT molecular complexity index is 2770. The predicted molar refractivity (Wildman–Crippen MR) is 213 cm³/mol. The highest BCUT2D eigenvalue weighted by Gasteiger charge is 2.15. The molecule has 8 aromatic carbocycles. The zero-order valence-electron chi connectivity index (χ0n) is 27.8. The minimum Gasteiger partial charge on any atom is -0.456 e. The number of furan rings is 1. The number of hydrogen-bond donors (Lipinski definition) is 1. The van der Waals surface area contributed by atoms with Crippen LogP contribution in [0.2, 0.25) is 0 Å². The first-order valence-corrected chi connectivity index (χ1v) is 17.1. The number of hydrogen-bond acceptors (Lipinski definition) is 2. The quantitative estimate of drug-likeness (QED) is 0.143. The molecule has 0 aliphatic rings. The van der Waals surface area contributed by atoms with Gasteiger partial charge in [0.1, 0.15) is 17.0 Å². The molecule has 0 bridgehead atoms. The number of nitrogens with zero attached hydrogens (tertiary/aromatic N) is 2. The maximum Gasteiger partial charge on any atom is 0.157 e. The molecule has 4 nitrogen and oxygen atoms in total. The van der Waals surface area contributed by atoms with Crippen LogP contribution in [0.25, 0.3) is 65.7 Å². The van der Waals surface area contributed by atoms with Gasteiger partial charge in [0.15, 0.2) is 5.84 Å². The molecular weight excluding hydrogens is 623 g/mol. The lowest BCUT2D eigenvalue weighted by atomic mass is 9.95. The fourth-order valence-corrected chi connectivity index (χ4v) is 7.02. The molecule has 9 rings (SSSR count). The number of aliphatic imine (C=N–C) groups is 2. The Hall–Kier alpha value is -6.78. The Morgan fingerprint density at radius 3 is 2.02 bits per heavy atom. The van der Waals surface area contributed by atoms with Gasteiger partial charge in [-0.15, -0.1) is 0 Å². The molecule has 0 saturated heterocycles. The van der Waals surface area contributed by atoms with E-state index in [1.807, 2.05) is 66.7 Å². The molecule has 0 atom stereocenters. The van der Waals surface area contributed by atoms with E-state index in [4.69, 9.17) is 20.1 Å². The van der Waals surface area contributed by atoms with Gasteiger partial charge in [-0.2, -0.15) is 0 Å². The van der Waals surface area contributed by atoms with Crippen molar-refractivity contribution in [2.24, 2.45) is 15.7 Å². The summed E-state index contributed by atoms with van der Waals surface area (Å²) in [7, 11) is 0. The number of amidine groups is 2. The van der Waals surface area contributed by atoms with Crippen LogP contribution in [0.1, 0.15) is 16.7 Å². The smallest absolute Gasteiger partial charge is 0.157 e. The molecular formula is C47H33N3O. The lowest BCUT2D eigenvalue weighted by Crippen LogP contribution is -2.16. The van der Waals surface area contributed by atoms with E-state index < -0.39 is 0 Å². The number of rotatable bonds is 6. The fraction of sp³-hybridized carbons (Fsp3) is 0.0213. The molecule has 4 heteroatoms. The molecule has 0 amide bonds. The van der Waals surface area contributed by atoms with Crippen molar-refractivity contribution in [2.45, 2.75) is 6.54 Å². The molecule has 0 fully saturated rings. The largest absolute Gasteiger partial charge is 0.456 e. The van der Waals surface area contributed by atoms with Crippen LogP contribution in [0.3, 0.4) is 0 Å². The monoisotopic (exact) mass is 655 g/mol. The third-order valence-corrected chi connectivity index (χ3v) is 9.58. The highest BCUT2D eigenvalue weighted by Crippen LogP contribution is 2.37. The third kappa shape index (κ3) is 5.83. The molecule has 0 aliphatic carbocycles. The number of fused-ring (bicyclic) bond motifs is 5. The molecule has 2 N–H and O–H groups in total. The maximum absolute atomic E-state index is 6.68. The van der Waals surface area contributed by atoms with Crippen LogP contribution < -0.4 is 5.73 Å². The normalized spacial score (nSPS) is 12.3. The summed E-state index contributed by atoms with van der Waals surface area (Å²) < 4.78 is 6.45. The Morgan fingerprint density at radius 1 is 0.490 bits per heavy atom. The Balaban J connectivity index is 1.13. The summed E-state index contributed by atoms with van der Waals surface area (Å²) in [6.45, 7) is 0.390. The van der Waals surface area contributed by atoms with Crippen molar-refractivity contribution in [3.8, 4) is 22.3 Å². The van der Waals surface area contributed by atoms with Gasteiger partial charge in [-0.3, -0.25) is 4.99 Å². The second kappa shape index (κ2) is 12.9. The van der Waals surface area contributed by atoms with E-state index in [1.54, 1.807) is 0 Å². The van der Waals surface area contributed by atoms with Crippen LogP contribution in [-0.2, 0) is 6.54 Å². The zero-order valence-corrected chi connectivity index (χ0v) is 27.8. The first-order valence-electron chi connectivity index (χ1n) is 17.1. The molecule has 0 spiro atoms. The van der Waals surface area contributed by atoms with Gasteiger partial charge < -0.3 is 10.2 Å². The molecule has 1 heterocycles. The molecule has 1 aromatic heterocycles. The van der Waals surface area contributed by atoms with Gasteiger partial charge in [0.25, 0.3) is 0 Å². The standard InChI is InChI=1S/C47H33N3O/c48-46(37-26-23-31-11-4-5-15-36(31)27-37)50-47(35-13-2-1-3-14-35)49-30-39-28-38(29-44-45(39)42-18-8-9-20-43(42)51-44)32-21-24-34(25-22-32)41-19-10-16-33-12-6-7-17-40(33)41/h1-29H,30H2,(H2,48,49,50). The molecule has 242 valence electrons. The number of nitrogens with two attached hydrogens (primary N) is 1. The summed E-state index contributed by atoms with van der Waals surface area (Å²) in [4.78, 5) is 10.1. The van der Waals surface area contributed by atoms with Crippen LogP contribution in [0.5, 0.6) is 0 Å². The average Bonchev–Trinajstić information content (AvgIpc) is 3.58. The second-order valence-corrected chi connectivity index (χ2v) is 12.8. The zero-order chi connectivity index (χ0) is 34.1. The van der Waals surface area contributed by atoms with E-state index in [-0.39, 0.29) is 0 Å². The summed E-state index contributed by atoms with van der Waals surface area (Å²) in [6.07, 6.45) is 0. The van der Waals surface area contributed by atoms with Crippen LogP contribution >= 0.6 is 0 Å². The summed E-state index contributed by atoms with van der Waals surface area (Å²) in [5, 5.41) is 6.88. The summed E-state index contributed by atoms with van der Waals surface area (Å²) in [6, 6.07) is 60.8. The van der Waals surface area contributed by atoms with E-state index in [0.29, 0.717) is 18.2 Å². The maximum atomic E-state index is 6.68. The van der Waals surface area contributed by atoms with Gasteiger partial charge in [-0.05, 0) is 73.6 Å². The Morgan fingerprint density at radius 2 is 1.18 bits per heavy atom. The Labute approximate surface area is 295 Å². The van der Waals surface area contributed by atoms with Crippen molar-refractivity contribution in [2.75, 3.05) is 0 Å². The predicted octanol–water partition coefficient (Wildman–Crippen LogP) is 11.6. The summed E-state index contributed by atoms with van der Waals surface area (Å²) >= 11 is 0. The van der Waals surface area contributed by atoms with Crippen LogP contribution in [0.15, 0.2) is 190 Å². The summed E-state index contributed by atoms with van der Waals surface area (Å²) in [5.74, 6) is 0.995. The first kappa shape index (κ1) is 30.3. The van der Waals surface area contributed by atoms with Crippen molar-refractivity contribution in [3.05, 3.63) is 193 Å². The van der Waals surface area contributed by atoms with Crippen molar-refractivity contribution >= 4 is 55.2 Å². The lowest BCUT2D eigenvalue weighted by Gasteiger charge is -2.10. The van der Waals surface area contributed by atoms with Gasteiger partial charge in [0.2, 0.25) is 0 Å². The van der Waals surface area contributed by atoms with Crippen LogP contribution in [0.4, 0.5) is 0 Å². The average molecular weight is 656 g/mol.